The number of hydrogen-bond donors (Lipinski definition) is 1. The van der Waals surface area contributed by atoms with Gasteiger partial charge in [0.25, 0.3) is 11.8 Å². The van der Waals surface area contributed by atoms with E-state index in [-0.39, 0.29) is 29.8 Å². The van der Waals surface area contributed by atoms with Crippen LogP contribution in [0.15, 0.2) is 72.8 Å². The largest absolute Gasteiger partial charge is 0.497 e. The summed E-state index contributed by atoms with van der Waals surface area (Å²) in [6.45, 7) is 8.26. The van der Waals surface area contributed by atoms with Crippen LogP contribution in [-0.2, 0) is 0 Å². The zero-order valence-corrected chi connectivity index (χ0v) is 21.9. The van der Waals surface area contributed by atoms with Gasteiger partial charge in [0, 0.05) is 6.04 Å². The van der Waals surface area contributed by atoms with Crippen molar-refractivity contribution in [3.05, 3.63) is 95.1 Å². The van der Waals surface area contributed by atoms with Gasteiger partial charge in [-0.05, 0) is 59.4 Å². The first-order valence-corrected chi connectivity index (χ1v) is 12.2. The Bertz CT molecular complexity index is 1140. The number of nitrogens with zero attached hydrogens (tertiary/aromatic N) is 1. The molecule has 0 spiro atoms. The third-order valence-electron chi connectivity index (χ3n) is 6.41. The lowest BCUT2D eigenvalue weighted by atomic mass is 9.94. The molecule has 4 rings (SSSR count). The summed E-state index contributed by atoms with van der Waals surface area (Å²) < 4.78 is 10.2. The van der Waals surface area contributed by atoms with E-state index in [1.807, 2.05) is 62.4 Å². The van der Waals surface area contributed by atoms with E-state index in [1.165, 1.54) is 4.90 Å². The summed E-state index contributed by atoms with van der Waals surface area (Å²) in [5.41, 5.74) is 9.04. The topological polar surface area (TPSA) is 81.9 Å². The van der Waals surface area contributed by atoms with Gasteiger partial charge in [0.1, 0.15) is 11.5 Å². The maximum Gasteiger partial charge on any atom is 0.262 e. The van der Waals surface area contributed by atoms with E-state index >= 15 is 0 Å². The molecule has 6 nitrogen and oxygen atoms in total. The molecule has 0 radical (unpaired) electrons. The average Bonchev–Trinajstić information content (AvgIpc) is 3.14. The second-order valence-corrected chi connectivity index (χ2v) is 9.53. The molecule has 1 aliphatic rings. The Morgan fingerprint density at radius 1 is 0.639 bits per heavy atom. The highest BCUT2D eigenvalue weighted by molar-refractivity contribution is 6.21. The molecular weight excluding hydrogens is 452 g/mol. The smallest absolute Gasteiger partial charge is 0.262 e. The number of carbonyl (C=O) groups excluding carboxylic acids is 2. The molecule has 6 heteroatoms. The molecule has 0 saturated carbocycles. The number of methoxy groups -OCH3 is 2. The van der Waals surface area contributed by atoms with E-state index in [4.69, 9.17) is 15.2 Å². The maximum atomic E-state index is 12.7. The summed E-state index contributed by atoms with van der Waals surface area (Å²) in [7, 11) is 3.27. The van der Waals surface area contributed by atoms with Crippen LogP contribution in [0, 0.1) is 11.8 Å². The molecule has 0 saturated heterocycles. The van der Waals surface area contributed by atoms with Gasteiger partial charge in [-0.15, -0.1) is 0 Å². The monoisotopic (exact) mass is 488 g/mol. The summed E-state index contributed by atoms with van der Waals surface area (Å²) >= 11 is 0. The Labute approximate surface area is 214 Å². The van der Waals surface area contributed by atoms with Gasteiger partial charge in [0.05, 0.1) is 31.4 Å². The van der Waals surface area contributed by atoms with Crippen molar-refractivity contribution in [3.8, 4) is 11.5 Å². The highest BCUT2D eigenvalue weighted by Gasteiger charge is 2.41. The number of ether oxygens (including phenoxy) is 2. The first-order valence-electron chi connectivity index (χ1n) is 12.2. The van der Waals surface area contributed by atoms with Gasteiger partial charge in [0.2, 0.25) is 0 Å². The van der Waals surface area contributed by atoms with Crippen LogP contribution in [0.2, 0.25) is 0 Å². The second kappa shape index (κ2) is 11.9. The molecule has 0 bridgehead atoms. The van der Waals surface area contributed by atoms with Gasteiger partial charge in [-0.1, -0.05) is 64.1 Å². The van der Waals surface area contributed by atoms with Crippen molar-refractivity contribution in [1.29, 1.82) is 0 Å². The van der Waals surface area contributed by atoms with Crippen molar-refractivity contribution in [2.75, 3.05) is 14.2 Å². The molecular formula is C30H36N2O4. The number of imide groups is 1. The number of benzene rings is 3. The van der Waals surface area contributed by atoms with Gasteiger partial charge in [-0.3, -0.25) is 14.5 Å². The van der Waals surface area contributed by atoms with Crippen LogP contribution in [-0.4, -0.2) is 30.9 Å². The number of carbonyl (C=O) groups is 2. The molecule has 2 atom stereocenters. The van der Waals surface area contributed by atoms with Crippen LogP contribution >= 0.6 is 0 Å². The van der Waals surface area contributed by atoms with Crippen LogP contribution in [0.4, 0.5) is 0 Å². The number of hydrogen-bond acceptors (Lipinski definition) is 5. The normalized spacial score (nSPS) is 14.3. The molecule has 3 aromatic rings. The van der Waals surface area contributed by atoms with Crippen molar-refractivity contribution in [2.45, 2.75) is 39.8 Å². The predicted octanol–water partition coefficient (Wildman–Crippen LogP) is 6.04. The molecule has 2 amide bonds. The average molecular weight is 489 g/mol. The number of fused-ring (bicyclic) bond motifs is 1. The van der Waals surface area contributed by atoms with Crippen molar-refractivity contribution < 1.29 is 19.1 Å². The van der Waals surface area contributed by atoms with Gasteiger partial charge < -0.3 is 15.2 Å². The molecule has 190 valence electrons. The molecule has 0 aliphatic carbocycles. The summed E-state index contributed by atoms with van der Waals surface area (Å²) in [6, 6.07) is 22.2. The zero-order valence-electron chi connectivity index (χ0n) is 21.9. The van der Waals surface area contributed by atoms with Gasteiger partial charge in [-0.25, -0.2) is 0 Å². The molecule has 2 N–H and O–H groups in total. The van der Waals surface area contributed by atoms with Crippen molar-refractivity contribution in [1.82, 2.24) is 4.90 Å². The quantitative estimate of drug-likeness (QED) is 0.410. The van der Waals surface area contributed by atoms with Crippen molar-refractivity contribution >= 4 is 11.8 Å². The molecule has 3 aromatic carbocycles. The lowest BCUT2D eigenvalue weighted by molar-refractivity contribution is 0.0538. The lowest BCUT2D eigenvalue weighted by Gasteiger charge is -2.30. The lowest BCUT2D eigenvalue weighted by Crippen LogP contribution is -2.36. The fourth-order valence-electron chi connectivity index (χ4n) is 4.30. The van der Waals surface area contributed by atoms with E-state index in [2.05, 4.69) is 13.8 Å². The number of amides is 2. The van der Waals surface area contributed by atoms with Crippen LogP contribution < -0.4 is 15.2 Å². The molecule has 1 aliphatic heterocycles. The van der Waals surface area contributed by atoms with E-state index in [0.29, 0.717) is 17.0 Å². The van der Waals surface area contributed by atoms with E-state index in [1.54, 1.807) is 38.5 Å². The Hall–Kier alpha value is -3.64. The van der Waals surface area contributed by atoms with Crippen LogP contribution in [0.3, 0.4) is 0 Å². The second-order valence-electron chi connectivity index (χ2n) is 9.53. The summed E-state index contributed by atoms with van der Waals surface area (Å²) in [5.74, 6) is 1.75. The fraction of sp³-hybridized carbons (Fsp3) is 0.333. The first kappa shape index (κ1) is 27.0. The summed E-state index contributed by atoms with van der Waals surface area (Å²) in [6.07, 6.45) is 0. The fourth-order valence-corrected chi connectivity index (χ4v) is 4.30. The Kier molecular flexibility index (Phi) is 8.88. The SMILES string of the molecule is COc1ccc(C(C(C)C)N2C(=O)c3ccccc3C2=O)cc1.COc1ccc(C(N)C(C)C)cc1. The molecule has 0 fully saturated rings. The Morgan fingerprint density at radius 3 is 1.42 bits per heavy atom. The third kappa shape index (κ3) is 5.77. The Morgan fingerprint density at radius 2 is 1.06 bits per heavy atom. The van der Waals surface area contributed by atoms with Crippen molar-refractivity contribution in [2.24, 2.45) is 17.6 Å². The number of nitrogens with two attached hydrogens (primary N) is 1. The molecule has 36 heavy (non-hydrogen) atoms. The van der Waals surface area contributed by atoms with Crippen molar-refractivity contribution in [3.63, 3.8) is 0 Å². The molecule has 2 unspecified atom stereocenters. The van der Waals surface area contributed by atoms with Crippen LogP contribution in [0.1, 0.15) is 71.6 Å². The minimum absolute atomic E-state index is 0.102. The third-order valence-corrected chi connectivity index (χ3v) is 6.41. The first-order chi connectivity index (χ1) is 17.2. The minimum Gasteiger partial charge on any atom is -0.497 e. The Balaban J connectivity index is 0.000000236. The summed E-state index contributed by atoms with van der Waals surface area (Å²) in [5, 5.41) is 0. The van der Waals surface area contributed by atoms with Gasteiger partial charge >= 0.3 is 0 Å². The maximum absolute atomic E-state index is 12.7. The standard InChI is InChI=1S/C19H19NO3.C11H17NO/c1-12(2)17(13-8-10-14(23-3)11-9-13)20-18(21)15-6-4-5-7-16(15)19(20)22;1-8(2)11(12)9-4-6-10(13-3)7-5-9/h4-12,17H,1-3H3;4-8,11H,12H2,1-3H3. The highest BCUT2D eigenvalue weighted by atomic mass is 16.5. The zero-order chi connectivity index (χ0) is 26.4. The van der Waals surface area contributed by atoms with E-state index in [0.717, 1.165) is 22.6 Å². The molecule has 0 aromatic heterocycles. The number of rotatable bonds is 7. The molecule has 1 heterocycles. The van der Waals surface area contributed by atoms with Crippen LogP contribution in [0.25, 0.3) is 0 Å². The van der Waals surface area contributed by atoms with E-state index < -0.39 is 0 Å². The van der Waals surface area contributed by atoms with E-state index in [9.17, 15) is 9.59 Å². The van der Waals surface area contributed by atoms with Gasteiger partial charge in [-0.2, -0.15) is 0 Å². The highest BCUT2D eigenvalue weighted by Crippen LogP contribution is 2.36. The van der Waals surface area contributed by atoms with Crippen LogP contribution in [0.5, 0.6) is 11.5 Å². The minimum atomic E-state index is -0.298. The predicted molar refractivity (Wildman–Crippen MR) is 142 cm³/mol. The van der Waals surface area contributed by atoms with Gasteiger partial charge in [0.15, 0.2) is 0 Å². The summed E-state index contributed by atoms with van der Waals surface area (Å²) in [4.78, 5) is 26.8.